The summed E-state index contributed by atoms with van der Waals surface area (Å²) in [5.41, 5.74) is 2.26. The molecule has 0 saturated heterocycles. The smallest absolute Gasteiger partial charge is 0.336 e. The summed E-state index contributed by atoms with van der Waals surface area (Å²) in [6.07, 6.45) is 0.925. The summed E-state index contributed by atoms with van der Waals surface area (Å²) in [6.45, 7) is 1.86. The van der Waals surface area contributed by atoms with Crippen molar-refractivity contribution in [2.24, 2.45) is 0 Å². The summed E-state index contributed by atoms with van der Waals surface area (Å²) in [4.78, 5) is 23.0. The fourth-order valence-corrected chi connectivity index (χ4v) is 2.22. The highest BCUT2D eigenvalue weighted by atomic mass is 16.7. The van der Waals surface area contributed by atoms with E-state index in [1.807, 2.05) is 24.3 Å². The molecule has 19 heavy (non-hydrogen) atoms. The van der Waals surface area contributed by atoms with Gasteiger partial charge in [-0.05, 0) is 24.6 Å². The third-order valence-electron chi connectivity index (χ3n) is 3.27. The number of hydrogen-bond donors (Lipinski definition) is 1. The number of amides is 1. The Kier molecular flexibility index (Phi) is 2.83. The van der Waals surface area contributed by atoms with Gasteiger partial charge >= 0.3 is 5.97 Å². The van der Waals surface area contributed by atoms with Crippen molar-refractivity contribution in [3.8, 4) is 0 Å². The lowest BCUT2D eigenvalue weighted by Gasteiger charge is -2.13. The highest BCUT2D eigenvalue weighted by molar-refractivity contribution is 6.02. The monoisotopic (exact) mass is 259 g/mol. The van der Waals surface area contributed by atoms with Gasteiger partial charge in [0.25, 0.3) is 0 Å². The number of fused-ring (bicyclic) bond motifs is 1. The van der Waals surface area contributed by atoms with E-state index < -0.39 is 6.29 Å². The molecule has 0 bridgehead atoms. The van der Waals surface area contributed by atoms with E-state index in [1.165, 1.54) is 0 Å². The lowest BCUT2D eigenvalue weighted by Crippen LogP contribution is -2.21. The van der Waals surface area contributed by atoms with Crippen molar-refractivity contribution >= 4 is 17.6 Å². The van der Waals surface area contributed by atoms with Gasteiger partial charge in [0, 0.05) is 11.3 Å². The van der Waals surface area contributed by atoms with Crippen LogP contribution in [0.2, 0.25) is 0 Å². The van der Waals surface area contributed by atoms with E-state index in [9.17, 15) is 9.59 Å². The summed E-state index contributed by atoms with van der Waals surface area (Å²) in [5, 5.41) is 2.80. The van der Waals surface area contributed by atoms with Crippen LogP contribution in [0.25, 0.3) is 0 Å². The second-order valence-corrected chi connectivity index (χ2v) is 4.59. The summed E-state index contributed by atoms with van der Waals surface area (Å²) in [7, 11) is 0. The molecule has 0 radical (unpaired) electrons. The van der Waals surface area contributed by atoms with Crippen LogP contribution in [-0.4, -0.2) is 24.8 Å². The van der Waals surface area contributed by atoms with Crippen LogP contribution in [0.15, 0.2) is 35.9 Å². The zero-order valence-corrected chi connectivity index (χ0v) is 10.4. The lowest BCUT2D eigenvalue weighted by molar-refractivity contribution is -0.159. The summed E-state index contributed by atoms with van der Waals surface area (Å²) in [6, 6.07) is 7.49. The third kappa shape index (κ3) is 2.13. The molecule has 1 aromatic carbocycles. The molecule has 5 nitrogen and oxygen atoms in total. The number of hydrogen-bond acceptors (Lipinski definition) is 4. The molecule has 5 heteroatoms. The van der Waals surface area contributed by atoms with Crippen molar-refractivity contribution in [3.63, 3.8) is 0 Å². The average Bonchev–Trinajstić information content (AvgIpc) is 2.87. The molecule has 2 aliphatic heterocycles. The lowest BCUT2D eigenvalue weighted by atomic mass is 10.0. The Hall–Kier alpha value is -2.14. The highest BCUT2D eigenvalue weighted by Crippen LogP contribution is 2.32. The number of benzene rings is 1. The van der Waals surface area contributed by atoms with Crippen molar-refractivity contribution < 1.29 is 19.1 Å². The van der Waals surface area contributed by atoms with E-state index in [1.54, 1.807) is 13.0 Å². The van der Waals surface area contributed by atoms with Crippen molar-refractivity contribution in [3.05, 3.63) is 41.5 Å². The first-order valence-corrected chi connectivity index (χ1v) is 6.06. The Labute approximate surface area is 110 Å². The van der Waals surface area contributed by atoms with Gasteiger partial charge in [-0.2, -0.15) is 0 Å². The molecule has 2 aliphatic rings. The van der Waals surface area contributed by atoms with Crippen LogP contribution in [0.1, 0.15) is 18.4 Å². The van der Waals surface area contributed by atoms with Gasteiger partial charge in [0.2, 0.25) is 12.2 Å². The Morgan fingerprint density at radius 2 is 2.11 bits per heavy atom. The first kappa shape index (κ1) is 11.9. The van der Waals surface area contributed by atoms with Crippen molar-refractivity contribution in [1.82, 2.24) is 0 Å². The van der Waals surface area contributed by atoms with E-state index in [-0.39, 0.29) is 24.4 Å². The Morgan fingerprint density at radius 3 is 2.84 bits per heavy atom. The van der Waals surface area contributed by atoms with E-state index >= 15 is 0 Å². The maximum Gasteiger partial charge on any atom is 0.336 e. The average molecular weight is 259 g/mol. The van der Waals surface area contributed by atoms with E-state index in [4.69, 9.17) is 9.47 Å². The molecule has 1 N–H and O–H groups in total. The molecule has 0 spiro atoms. The number of carbonyl (C=O) groups excluding carboxylic acids is 2. The first-order valence-electron chi connectivity index (χ1n) is 6.06. The zero-order valence-electron chi connectivity index (χ0n) is 10.4. The quantitative estimate of drug-likeness (QED) is 0.837. The SMILES string of the molecule is CC1=CC(OCC2C(=O)Nc3ccccc32)OC1=O. The zero-order chi connectivity index (χ0) is 13.4. The maximum atomic E-state index is 11.9. The normalized spacial score (nSPS) is 24.8. The summed E-state index contributed by atoms with van der Waals surface area (Å²) < 4.78 is 10.4. The maximum absolute atomic E-state index is 11.9. The molecular formula is C14H13NO4. The van der Waals surface area contributed by atoms with Crippen LogP contribution < -0.4 is 5.32 Å². The largest absolute Gasteiger partial charge is 0.429 e. The molecule has 0 saturated carbocycles. The minimum absolute atomic E-state index is 0.0915. The molecular weight excluding hydrogens is 246 g/mol. The van der Waals surface area contributed by atoms with E-state index in [2.05, 4.69) is 5.32 Å². The van der Waals surface area contributed by atoms with Crippen LogP contribution in [0.3, 0.4) is 0 Å². The van der Waals surface area contributed by atoms with Crippen LogP contribution >= 0.6 is 0 Å². The van der Waals surface area contributed by atoms with Gasteiger partial charge < -0.3 is 14.8 Å². The minimum atomic E-state index is -0.687. The van der Waals surface area contributed by atoms with E-state index in [0.29, 0.717) is 5.57 Å². The van der Waals surface area contributed by atoms with Crippen molar-refractivity contribution in [2.45, 2.75) is 19.1 Å². The van der Waals surface area contributed by atoms with Crippen molar-refractivity contribution in [1.29, 1.82) is 0 Å². The fourth-order valence-electron chi connectivity index (χ4n) is 2.22. The minimum Gasteiger partial charge on any atom is -0.429 e. The van der Waals surface area contributed by atoms with Crippen LogP contribution in [0.5, 0.6) is 0 Å². The molecule has 0 aliphatic carbocycles. The van der Waals surface area contributed by atoms with Gasteiger partial charge in [0.05, 0.1) is 12.5 Å². The predicted molar refractivity (Wildman–Crippen MR) is 67.4 cm³/mol. The molecule has 98 valence electrons. The molecule has 2 heterocycles. The number of para-hydroxylation sites is 1. The number of nitrogens with one attached hydrogen (secondary N) is 1. The molecule has 2 unspecified atom stereocenters. The number of anilines is 1. The van der Waals surface area contributed by atoms with Gasteiger partial charge in [-0.25, -0.2) is 4.79 Å². The molecule has 3 rings (SSSR count). The standard InChI is InChI=1S/C14H13NO4/c1-8-6-12(19-14(8)17)18-7-10-9-4-2-3-5-11(9)15-13(10)16/h2-6,10,12H,7H2,1H3,(H,15,16). The number of esters is 1. The second kappa shape index (κ2) is 4.51. The molecule has 0 fully saturated rings. The number of carbonyl (C=O) groups is 2. The highest BCUT2D eigenvalue weighted by Gasteiger charge is 2.32. The van der Waals surface area contributed by atoms with Crippen LogP contribution in [0.4, 0.5) is 5.69 Å². The topological polar surface area (TPSA) is 64.6 Å². The van der Waals surface area contributed by atoms with Crippen molar-refractivity contribution in [2.75, 3.05) is 11.9 Å². The molecule has 0 aromatic heterocycles. The van der Waals surface area contributed by atoms with Gasteiger partial charge in [0.15, 0.2) is 0 Å². The first-order chi connectivity index (χ1) is 9.15. The predicted octanol–water partition coefficient (Wildman–Crippen LogP) is 1.57. The van der Waals surface area contributed by atoms with Gasteiger partial charge in [-0.3, -0.25) is 4.79 Å². The Morgan fingerprint density at radius 1 is 1.32 bits per heavy atom. The number of rotatable bonds is 3. The number of cyclic esters (lactones) is 1. The van der Waals surface area contributed by atoms with Crippen LogP contribution in [-0.2, 0) is 19.1 Å². The van der Waals surface area contributed by atoms with Gasteiger partial charge in [-0.1, -0.05) is 18.2 Å². The van der Waals surface area contributed by atoms with E-state index in [0.717, 1.165) is 11.3 Å². The van der Waals surface area contributed by atoms with Gasteiger partial charge in [0.1, 0.15) is 0 Å². The Balaban J connectivity index is 1.68. The second-order valence-electron chi connectivity index (χ2n) is 4.59. The van der Waals surface area contributed by atoms with Crippen LogP contribution in [0, 0.1) is 0 Å². The number of ether oxygens (including phenoxy) is 2. The fraction of sp³-hybridized carbons (Fsp3) is 0.286. The third-order valence-corrected chi connectivity index (χ3v) is 3.27. The van der Waals surface area contributed by atoms with Gasteiger partial charge in [-0.15, -0.1) is 0 Å². The molecule has 1 amide bonds. The summed E-state index contributed by atoms with van der Waals surface area (Å²) >= 11 is 0. The molecule has 2 atom stereocenters. The molecule has 1 aromatic rings. The Bertz CT molecular complexity index is 579. The summed E-state index contributed by atoms with van der Waals surface area (Å²) in [5.74, 6) is -0.822.